The summed E-state index contributed by atoms with van der Waals surface area (Å²) in [6.45, 7) is 2.06. The minimum Gasteiger partial charge on any atom is -0.397 e. The van der Waals surface area contributed by atoms with E-state index in [2.05, 4.69) is 12.2 Å². The molecule has 0 atom stereocenters. The Bertz CT molecular complexity index is 463. The molecule has 0 aliphatic carbocycles. The zero-order chi connectivity index (χ0) is 15.2. The van der Waals surface area contributed by atoms with Gasteiger partial charge in [0.15, 0.2) is 0 Å². The minimum atomic E-state index is -4.44. The quantitative estimate of drug-likeness (QED) is 0.621. The van der Waals surface area contributed by atoms with E-state index in [1.54, 1.807) is 0 Å². The first-order valence-corrected chi connectivity index (χ1v) is 7.34. The summed E-state index contributed by atoms with van der Waals surface area (Å²) < 4.78 is 37.4. The maximum Gasteiger partial charge on any atom is 0.416 e. The third kappa shape index (κ3) is 5.32. The fourth-order valence-corrected chi connectivity index (χ4v) is 2.35. The molecule has 3 nitrogen and oxygen atoms in total. The van der Waals surface area contributed by atoms with E-state index in [9.17, 15) is 18.0 Å². The highest BCUT2D eigenvalue weighted by molar-refractivity contribution is 7.99. The largest absolute Gasteiger partial charge is 0.416 e. The zero-order valence-corrected chi connectivity index (χ0v) is 11.9. The third-order valence-electron chi connectivity index (χ3n) is 2.53. The van der Waals surface area contributed by atoms with Crippen LogP contribution in [0.4, 0.5) is 24.5 Å². The van der Waals surface area contributed by atoms with Crippen molar-refractivity contribution >= 4 is 29.0 Å². The molecule has 0 aliphatic rings. The first-order chi connectivity index (χ1) is 9.34. The van der Waals surface area contributed by atoms with Crippen LogP contribution in [0.25, 0.3) is 0 Å². The van der Waals surface area contributed by atoms with Gasteiger partial charge in [-0.05, 0) is 30.4 Å². The molecule has 0 saturated carbocycles. The molecule has 0 spiro atoms. The Kier molecular flexibility index (Phi) is 6.19. The number of thioether (sulfide) groups is 1. The Labute approximate surface area is 120 Å². The highest BCUT2D eigenvalue weighted by Crippen LogP contribution is 2.32. The molecule has 112 valence electrons. The van der Waals surface area contributed by atoms with E-state index in [0.717, 1.165) is 30.7 Å². The van der Waals surface area contributed by atoms with Crippen LogP contribution in [0.15, 0.2) is 18.2 Å². The van der Waals surface area contributed by atoms with Gasteiger partial charge in [0, 0.05) is 0 Å². The van der Waals surface area contributed by atoms with Crippen molar-refractivity contribution in [1.29, 1.82) is 0 Å². The summed E-state index contributed by atoms with van der Waals surface area (Å²) in [5, 5.41) is 2.51. The van der Waals surface area contributed by atoms with E-state index < -0.39 is 11.7 Å². The fraction of sp³-hybridized carbons (Fsp3) is 0.462. The summed E-state index contributed by atoms with van der Waals surface area (Å²) in [6, 6.07) is 2.89. The van der Waals surface area contributed by atoms with Gasteiger partial charge in [0.25, 0.3) is 0 Å². The van der Waals surface area contributed by atoms with E-state index >= 15 is 0 Å². The Morgan fingerprint density at radius 1 is 1.40 bits per heavy atom. The number of halogens is 3. The van der Waals surface area contributed by atoms with Crippen LogP contribution in [0.3, 0.4) is 0 Å². The molecule has 1 aromatic carbocycles. The van der Waals surface area contributed by atoms with Crippen molar-refractivity contribution in [1.82, 2.24) is 0 Å². The maximum atomic E-state index is 12.5. The SMILES string of the molecule is CCCCSCC(=O)Nc1ccc(C(F)(F)F)cc1N. The number of benzene rings is 1. The van der Waals surface area contributed by atoms with Crippen molar-refractivity contribution in [3.63, 3.8) is 0 Å². The summed E-state index contributed by atoms with van der Waals surface area (Å²) in [5.41, 5.74) is 4.81. The molecule has 1 aromatic rings. The number of hydrogen-bond donors (Lipinski definition) is 2. The lowest BCUT2D eigenvalue weighted by Crippen LogP contribution is -2.16. The smallest absolute Gasteiger partial charge is 0.397 e. The Morgan fingerprint density at radius 2 is 2.10 bits per heavy atom. The summed E-state index contributed by atoms with van der Waals surface area (Å²) >= 11 is 1.49. The van der Waals surface area contributed by atoms with E-state index in [-0.39, 0.29) is 23.0 Å². The van der Waals surface area contributed by atoms with Crippen LogP contribution in [0.1, 0.15) is 25.3 Å². The highest BCUT2D eigenvalue weighted by Gasteiger charge is 2.30. The Hall–Kier alpha value is -1.37. The molecule has 0 saturated heterocycles. The minimum absolute atomic E-state index is 0.0910. The summed E-state index contributed by atoms with van der Waals surface area (Å²) in [4.78, 5) is 11.6. The van der Waals surface area contributed by atoms with Crippen molar-refractivity contribution in [3.8, 4) is 0 Å². The molecule has 0 radical (unpaired) electrons. The third-order valence-corrected chi connectivity index (χ3v) is 3.57. The highest BCUT2D eigenvalue weighted by atomic mass is 32.2. The van der Waals surface area contributed by atoms with E-state index in [4.69, 9.17) is 5.73 Å². The van der Waals surface area contributed by atoms with E-state index in [1.165, 1.54) is 17.8 Å². The lowest BCUT2D eigenvalue weighted by atomic mass is 10.1. The number of unbranched alkanes of at least 4 members (excludes halogenated alkanes) is 1. The van der Waals surface area contributed by atoms with Crippen molar-refractivity contribution in [2.45, 2.75) is 25.9 Å². The number of anilines is 2. The number of hydrogen-bond acceptors (Lipinski definition) is 3. The normalized spacial score (nSPS) is 11.4. The van der Waals surface area contributed by atoms with Gasteiger partial charge in [0.1, 0.15) is 0 Å². The van der Waals surface area contributed by atoms with Crippen LogP contribution in [-0.2, 0) is 11.0 Å². The molecule has 3 N–H and O–H groups in total. The molecule has 1 rings (SSSR count). The number of amides is 1. The van der Waals surface area contributed by atoms with Gasteiger partial charge in [0.05, 0.1) is 22.7 Å². The summed E-state index contributed by atoms with van der Waals surface area (Å²) in [6.07, 6.45) is -2.35. The molecule has 0 bridgehead atoms. The van der Waals surface area contributed by atoms with Gasteiger partial charge < -0.3 is 11.1 Å². The number of nitrogen functional groups attached to an aromatic ring is 1. The molecule has 7 heteroatoms. The molecule has 20 heavy (non-hydrogen) atoms. The van der Waals surface area contributed by atoms with Crippen LogP contribution in [0, 0.1) is 0 Å². The summed E-state index contributed by atoms with van der Waals surface area (Å²) in [7, 11) is 0. The van der Waals surface area contributed by atoms with Crippen LogP contribution in [0.2, 0.25) is 0 Å². The second-order valence-electron chi connectivity index (χ2n) is 4.25. The number of carbonyl (C=O) groups excluding carboxylic acids is 1. The molecular weight excluding hydrogens is 289 g/mol. The topological polar surface area (TPSA) is 55.1 Å². The fourth-order valence-electron chi connectivity index (χ4n) is 1.45. The lowest BCUT2D eigenvalue weighted by Gasteiger charge is -2.11. The monoisotopic (exact) mass is 306 g/mol. The second kappa shape index (κ2) is 7.42. The number of nitrogens with two attached hydrogens (primary N) is 1. The Balaban J connectivity index is 2.58. The van der Waals surface area contributed by atoms with Crippen molar-refractivity contribution in [2.75, 3.05) is 22.6 Å². The molecule has 0 unspecified atom stereocenters. The molecule has 1 amide bonds. The number of alkyl halides is 3. The van der Waals surface area contributed by atoms with E-state index in [1.807, 2.05) is 0 Å². The zero-order valence-electron chi connectivity index (χ0n) is 11.1. The van der Waals surface area contributed by atoms with Crippen LogP contribution in [-0.4, -0.2) is 17.4 Å². The molecule has 0 heterocycles. The Morgan fingerprint density at radius 3 is 2.65 bits per heavy atom. The van der Waals surface area contributed by atoms with Crippen LogP contribution in [0.5, 0.6) is 0 Å². The average molecular weight is 306 g/mol. The molecular formula is C13H17F3N2OS. The first-order valence-electron chi connectivity index (χ1n) is 6.19. The first kappa shape index (κ1) is 16.7. The molecule has 0 aromatic heterocycles. The number of nitrogens with one attached hydrogen (secondary N) is 1. The van der Waals surface area contributed by atoms with Crippen molar-refractivity contribution in [2.24, 2.45) is 0 Å². The standard InChI is InChI=1S/C13H17F3N2OS/c1-2-3-6-20-8-12(19)18-11-5-4-9(7-10(11)17)13(14,15)16/h4-5,7H,2-3,6,8,17H2,1H3,(H,18,19). The average Bonchev–Trinajstić information content (AvgIpc) is 2.36. The van der Waals surface area contributed by atoms with Gasteiger partial charge in [-0.15, -0.1) is 0 Å². The lowest BCUT2D eigenvalue weighted by molar-refractivity contribution is -0.137. The number of rotatable bonds is 6. The summed E-state index contributed by atoms with van der Waals surface area (Å²) in [5.74, 6) is 0.880. The predicted octanol–water partition coefficient (Wildman–Crippen LogP) is 3.76. The van der Waals surface area contributed by atoms with E-state index in [0.29, 0.717) is 0 Å². The molecule has 0 aliphatic heterocycles. The van der Waals surface area contributed by atoms with Gasteiger partial charge in [-0.1, -0.05) is 13.3 Å². The predicted molar refractivity (Wildman–Crippen MR) is 76.7 cm³/mol. The second-order valence-corrected chi connectivity index (χ2v) is 5.36. The van der Waals surface area contributed by atoms with Gasteiger partial charge in [-0.2, -0.15) is 24.9 Å². The van der Waals surface area contributed by atoms with Gasteiger partial charge in [-0.25, -0.2) is 0 Å². The molecule has 0 fully saturated rings. The maximum absolute atomic E-state index is 12.5. The van der Waals surface area contributed by atoms with Gasteiger partial charge >= 0.3 is 6.18 Å². The van der Waals surface area contributed by atoms with Crippen LogP contribution >= 0.6 is 11.8 Å². The number of carbonyl (C=O) groups is 1. The van der Waals surface area contributed by atoms with Crippen LogP contribution < -0.4 is 11.1 Å². The van der Waals surface area contributed by atoms with Gasteiger partial charge in [-0.3, -0.25) is 4.79 Å². The van der Waals surface area contributed by atoms with Gasteiger partial charge in [0.2, 0.25) is 5.91 Å². The van der Waals surface area contributed by atoms with Crippen molar-refractivity contribution in [3.05, 3.63) is 23.8 Å². The van der Waals surface area contributed by atoms with Crippen molar-refractivity contribution < 1.29 is 18.0 Å².